The number of hydrogen-bond donors (Lipinski definition) is 0. The van der Waals surface area contributed by atoms with Crippen LogP contribution in [-0.4, -0.2) is 51.7 Å². The molecular formula is C21H22ClFN4O. The van der Waals surface area contributed by atoms with Gasteiger partial charge in [0, 0.05) is 50.1 Å². The summed E-state index contributed by atoms with van der Waals surface area (Å²) in [4.78, 5) is 16.7. The SMILES string of the molecule is O=C(CCn1nc(Cl)c2ccccc21)N1CCN(Cc2ccccc2F)CC1. The van der Waals surface area contributed by atoms with Crippen LogP contribution in [0.1, 0.15) is 12.0 Å². The van der Waals surface area contributed by atoms with E-state index in [0.717, 1.165) is 24.0 Å². The van der Waals surface area contributed by atoms with Gasteiger partial charge in [0.25, 0.3) is 0 Å². The third kappa shape index (κ3) is 4.03. The average molecular weight is 401 g/mol. The standard InChI is InChI=1S/C21H22ClFN4O/c22-21-17-6-2-4-8-19(17)27(24-21)10-9-20(28)26-13-11-25(12-14-26)15-16-5-1-3-7-18(16)23/h1-8H,9-15H2. The molecule has 1 fully saturated rings. The van der Waals surface area contributed by atoms with Crippen molar-refractivity contribution in [1.82, 2.24) is 19.6 Å². The van der Waals surface area contributed by atoms with E-state index in [1.807, 2.05) is 41.3 Å². The minimum atomic E-state index is -0.175. The Labute approximate surface area is 168 Å². The van der Waals surface area contributed by atoms with Crippen LogP contribution < -0.4 is 0 Å². The highest BCUT2D eigenvalue weighted by atomic mass is 35.5. The Morgan fingerprint density at radius 1 is 1.04 bits per heavy atom. The maximum atomic E-state index is 13.8. The topological polar surface area (TPSA) is 41.4 Å². The minimum Gasteiger partial charge on any atom is -0.340 e. The van der Waals surface area contributed by atoms with E-state index in [1.165, 1.54) is 6.07 Å². The Balaban J connectivity index is 1.30. The number of rotatable bonds is 5. The first-order valence-corrected chi connectivity index (χ1v) is 9.84. The van der Waals surface area contributed by atoms with Crippen molar-refractivity contribution in [2.24, 2.45) is 0 Å². The Morgan fingerprint density at radius 2 is 1.75 bits per heavy atom. The molecule has 4 rings (SSSR count). The predicted molar refractivity (Wildman–Crippen MR) is 108 cm³/mol. The van der Waals surface area contributed by atoms with E-state index in [0.29, 0.717) is 43.3 Å². The maximum Gasteiger partial charge on any atom is 0.224 e. The molecule has 0 N–H and O–H groups in total. The Hall–Kier alpha value is -2.44. The molecule has 28 heavy (non-hydrogen) atoms. The normalized spacial score (nSPS) is 15.3. The molecule has 0 spiro atoms. The van der Waals surface area contributed by atoms with E-state index < -0.39 is 0 Å². The second-order valence-corrected chi connectivity index (χ2v) is 7.39. The third-order valence-corrected chi connectivity index (χ3v) is 5.51. The predicted octanol–water partition coefficient (Wildman–Crippen LogP) is 3.56. The molecular weight excluding hydrogens is 379 g/mol. The van der Waals surface area contributed by atoms with E-state index in [2.05, 4.69) is 10.00 Å². The summed E-state index contributed by atoms with van der Waals surface area (Å²) in [5, 5.41) is 5.71. The number of carbonyl (C=O) groups is 1. The van der Waals surface area contributed by atoms with Crippen LogP contribution in [0.2, 0.25) is 5.15 Å². The summed E-state index contributed by atoms with van der Waals surface area (Å²) in [7, 11) is 0. The summed E-state index contributed by atoms with van der Waals surface area (Å²) in [6.07, 6.45) is 0.384. The lowest BCUT2D eigenvalue weighted by molar-refractivity contribution is -0.133. The van der Waals surface area contributed by atoms with Crippen molar-refractivity contribution in [3.05, 3.63) is 65.1 Å². The molecule has 1 aromatic heterocycles. The van der Waals surface area contributed by atoms with Gasteiger partial charge in [-0.2, -0.15) is 5.10 Å². The van der Waals surface area contributed by atoms with Crippen molar-refractivity contribution in [2.75, 3.05) is 26.2 Å². The lowest BCUT2D eigenvalue weighted by Crippen LogP contribution is -2.48. The van der Waals surface area contributed by atoms with Crippen LogP contribution in [0.3, 0.4) is 0 Å². The molecule has 146 valence electrons. The highest BCUT2D eigenvalue weighted by molar-refractivity contribution is 6.34. The van der Waals surface area contributed by atoms with Gasteiger partial charge in [0.1, 0.15) is 5.82 Å². The molecule has 0 aliphatic carbocycles. The zero-order chi connectivity index (χ0) is 19.5. The molecule has 7 heteroatoms. The quantitative estimate of drug-likeness (QED) is 0.657. The first-order valence-electron chi connectivity index (χ1n) is 9.46. The smallest absolute Gasteiger partial charge is 0.224 e. The third-order valence-electron chi connectivity index (χ3n) is 5.23. The fraction of sp³-hybridized carbons (Fsp3) is 0.333. The summed E-state index contributed by atoms with van der Waals surface area (Å²) in [5.74, 6) is -0.0626. The molecule has 0 atom stereocenters. The summed E-state index contributed by atoms with van der Waals surface area (Å²) < 4.78 is 15.6. The maximum absolute atomic E-state index is 13.8. The summed E-state index contributed by atoms with van der Waals surface area (Å²) >= 11 is 6.18. The number of fused-ring (bicyclic) bond motifs is 1. The molecule has 1 aliphatic heterocycles. The number of halogens is 2. The molecule has 1 aliphatic rings. The van der Waals surface area contributed by atoms with Crippen molar-refractivity contribution in [2.45, 2.75) is 19.5 Å². The fourth-order valence-electron chi connectivity index (χ4n) is 3.64. The van der Waals surface area contributed by atoms with Crippen LogP contribution in [0.4, 0.5) is 4.39 Å². The lowest BCUT2D eigenvalue weighted by atomic mass is 10.2. The molecule has 0 bridgehead atoms. The first-order chi connectivity index (χ1) is 13.6. The second-order valence-electron chi connectivity index (χ2n) is 7.03. The van der Waals surface area contributed by atoms with E-state index in [1.54, 1.807) is 10.7 Å². The van der Waals surface area contributed by atoms with Gasteiger partial charge < -0.3 is 4.90 Å². The van der Waals surface area contributed by atoms with E-state index >= 15 is 0 Å². The number of benzene rings is 2. The zero-order valence-electron chi connectivity index (χ0n) is 15.5. The summed E-state index contributed by atoms with van der Waals surface area (Å²) in [6.45, 7) is 3.89. The summed E-state index contributed by atoms with van der Waals surface area (Å²) in [5.41, 5.74) is 1.64. The van der Waals surface area contributed by atoms with Gasteiger partial charge in [-0.05, 0) is 18.2 Å². The van der Waals surface area contributed by atoms with E-state index in [-0.39, 0.29) is 11.7 Å². The van der Waals surface area contributed by atoms with Crippen molar-refractivity contribution >= 4 is 28.4 Å². The highest BCUT2D eigenvalue weighted by Crippen LogP contribution is 2.22. The Kier molecular flexibility index (Phi) is 5.59. The molecule has 3 aromatic rings. The number of hydrogen-bond acceptors (Lipinski definition) is 3. The van der Waals surface area contributed by atoms with Crippen LogP contribution in [0.15, 0.2) is 48.5 Å². The number of piperazine rings is 1. The van der Waals surface area contributed by atoms with Gasteiger partial charge >= 0.3 is 0 Å². The van der Waals surface area contributed by atoms with Gasteiger partial charge in [-0.1, -0.05) is 41.9 Å². The number of aromatic nitrogens is 2. The molecule has 2 heterocycles. The van der Waals surface area contributed by atoms with Crippen molar-refractivity contribution in [3.8, 4) is 0 Å². The van der Waals surface area contributed by atoms with Gasteiger partial charge in [-0.15, -0.1) is 0 Å². The Morgan fingerprint density at radius 3 is 2.54 bits per heavy atom. The van der Waals surface area contributed by atoms with E-state index in [4.69, 9.17) is 11.6 Å². The van der Waals surface area contributed by atoms with Gasteiger partial charge in [0.15, 0.2) is 5.15 Å². The molecule has 1 saturated heterocycles. The number of carbonyl (C=O) groups excluding carboxylic acids is 1. The van der Waals surface area contributed by atoms with Gasteiger partial charge in [0.2, 0.25) is 5.91 Å². The first kappa shape index (κ1) is 18.9. The van der Waals surface area contributed by atoms with Crippen molar-refractivity contribution < 1.29 is 9.18 Å². The summed E-state index contributed by atoms with van der Waals surface area (Å²) in [6, 6.07) is 14.6. The molecule has 0 unspecified atom stereocenters. The van der Waals surface area contributed by atoms with Gasteiger partial charge in [0.05, 0.1) is 12.1 Å². The lowest BCUT2D eigenvalue weighted by Gasteiger charge is -2.34. The second kappa shape index (κ2) is 8.29. The monoisotopic (exact) mass is 400 g/mol. The van der Waals surface area contributed by atoms with Gasteiger partial charge in [-0.25, -0.2) is 4.39 Å². The van der Waals surface area contributed by atoms with Crippen molar-refractivity contribution in [3.63, 3.8) is 0 Å². The van der Waals surface area contributed by atoms with E-state index in [9.17, 15) is 9.18 Å². The van der Waals surface area contributed by atoms with Crippen LogP contribution in [0, 0.1) is 5.82 Å². The van der Waals surface area contributed by atoms with Crippen LogP contribution in [0.25, 0.3) is 10.9 Å². The molecule has 2 aromatic carbocycles. The number of amides is 1. The molecule has 0 saturated carbocycles. The number of para-hydroxylation sites is 1. The molecule has 0 radical (unpaired) electrons. The minimum absolute atomic E-state index is 0.112. The fourth-order valence-corrected chi connectivity index (χ4v) is 3.89. The van der Waals surface area contributed by atoms with Crippen LogP contribution in [-0.2, 0) is 17.9 Å². The van der Waals surface area contributed by atoms with Crippen molar-refractivity contribution in [1.29, 1.82) is 0 Å². The molecule has 5 nitrogen and oxygen atoms in total. The van der Waals surface area contributed by atoms with Crippen LogP contribution in [0.5, 0.6) is 0 Å². The average Bonchev–Trinajstić information content (AvgIpc) is 3.04. The number of nitrogens with zero attached hydrogens (tertiary/aromatic N) is 4. The largest absolute Gasteiger partial charge is 0.340 e. The molecule has 1 amide bonds. The highest BCUT2D eigenvalue weighted by Gasteiger charge is 2.22. The van der Waals surface area contributed by atoms with Gasteiger partial charge in [-0.3, -0.25) is 14.4 Å². The zero-order valence-corrected chi connectivity index (χ0v) is 16.3. The number of aryl methyl sites for hydroxylation is 1. The Bertz CT molecular complexity index is 981. The van der Waals surface area contributed by atoms with Crippen LogP contribution >= 0.6 is 11.6 Å².